The predicted octanol–water partition coefficient (Wildman–Crippen LogP) is 4.65. The van der Waals surface area contributed by atoms with E-state index in [4.69, 9.17) is 9.72 Å². The number of amides is 1. The molecule has 38 heavy (non-hydrogen) atoms. The number of aryl methyl sites for hydroxylation is 1. The van der Waals surface area contributed by atoms with Crippen LogP contribution in [0.5, 0.6) is 5.75 Å². The van der Waals surface area contributed by atoms with Gasteiger partial charge in [-0.05, 0) is 44.8 Å². The van der Waals surface area contributed by atoms with Crippen molar-refractivity contribution in [1.82, 2.24) is 19.4 Å². The van der Waals surface area contributed by atoms with Gasteiger partial charge in [0.15, 0.2) is 0 Å². The molecule has 9 nitrogen and oxygen atoms in total. The lowest BCUT2D eigenvalue weighted by atomic mass is 10.1. The van der Waals surface area contributed by atoms with E-state index in [1.54, 1.807) is 13.3 Å². The lowest BCUT2D eigenvalue weighted by molar-refractivity contribution is -0.111. The van der Waals surface area contributed by atoms with Gasteiger partial charge in [-0.3, -0.25) is 4.79 Å². The Morgan fingerprint density at radius 1 is 1.21 bits per heavy atom. The molecule has 2 N–H and O–H groups in total. The lowest BCUT2D eigenvalue weighted by Crippen LogP contribution is -2.31. The fraction of sp³-hybridized carbons (Fsp3) is 0.276. The highest BCUT2D eigenvalue weighted by Gasteiger charge is 2.27. The van der Waals surface area contributed by atoms with Gasteiger partial charge in [0.25, 0.3) is 0 Å². The van der Waals surface area contributed by atoms with Crippen LogP contribution in [0.1, 0.15) is 6.42 Å². The number of hydrogen-bond donors (Lipinski definition) is 2. The van der Waals surface area contributed by atoms with Crippen molar-refractivity contribution in [2.75, 3.05) is 49.8 Å². The van der Waals surface area contributed by atoms with E-state index in [1.165, 1.54) is 6.08 Å². The van der Waals surface area contributed by atoms with Crippen LogP contribution in [0.2, 0.25) is 0 Å². The van der Waals surface area contributed by atoms with Gasteiger partial charge < -0.3 is 29.7 Å². The van der Waals surface area contributed by atoms with Crippen molar-refractivity contribution in [3.63, 3.8) is 0 Å². The third-order valence-electron chi connectivity index (χ3n) is 7.07. The van der Waals surface area contributed by atoms with E-state index >= 15 is 0 Å². The van der Waals surface area contributed by atoms with E-state index in [1.807, 2.05) is 37.4 Å². The van der Waals surface area contributed by atoms with E-state index < -0.39 is 0 Å². The number of carbonyl (C=O) groups excluding carboxylic acids is 1. The maximum atomic E-state index is 12.3. The molecular formula is C29H33N7O2. The summed E-state index contributed by atoms with van der Waals surface area (Å²) in [5.74, 6) is 0.778. The zero-order valence-electron chi connectivity index (χ0n) is 22.2. The second-order valence-corrected chi connectivity index (χ2v) is 9.68. The molecule has 196 valence electrons. The summed E-state index contributed by atoms with van der Waals surface area (Å²) in [6.45, 7) is 5.35. The van der Waals surface area contributed by atoms with Crippen LogP contribution in [0.3, 0.4) is 0 Å². The molecule has 1 aliphatic heterocycles. The highest BCUT2D eigenvalue weighted by Crippen LogP contribution is 2.40. The van der Waals surface area contributed by atoms with Crippen LogP contribution in [0.4, 0.5) is 23.0 Å². The molecule has 2 aromatic carbocycles. The summed E-state index contributed by atoms with van der Waals surface area (Å²) in [4.78, 5) is 26.1. The minimum absolute atomic E-state index is 0.278. The van der Waals surface area contributed by atoms with Gasteiger partial charge in [-0.1, -0.05) is 24.8 Å². The molecule has 5 rings (SSSR count). The van der Waals surface area contributed by atoms with Gasteiger partial charge in [0, 0.05) is 61.1 Å². The molecular weight excluding hydrogens is 478 g/mol. The fourth-order valence-electron chi connectivity index (χ4n) is 5.00. The molecule has 0 saturated carbocycles. The summed E-state index contributed by atoms with van der Waals surface area (Å²) in [7, 11) is 7.84. The number of benzene rings is 2. The minimum atomic E-state index is -0.278. The molecule has 0 spiro atoms. The Labute approximate surface area is 222 Å². The lowest BCUT2D eigenvalue weighted by Gasteiger charge is -2.25. The Morgan fingerprint density at radius 3 is 2.76 bits per heavy atom. The Bertz CT molecular complexity index is 1490. The predicted molar refractivity (Wildman–Crippen MR) is 153 cm³/mol. The number of fused-ring (bicyclic) bond motifs is 1. The zero-order chi connectivity index (χ0) is 26.8. The number of rotatable bonds is 8. The first-order chi connectivity index (χ1) is 18.4. The number of anilines is 4. The Kier molecular flexibility index (Phi) is 7.02. The maximum Gasteiger partial charge on any atom is 0.247 e. The number of nitrogens with zero attached hydrogens (tertiary/aromatic N) is 5. The molecule has 0 unspecified atom stereocenters. The highest BCUT2D eigenvalue weighted by atomic mass is 16.5. The number of para-hydroxylation sites is 1. The van der Waals surface area contributed by atoms with Crippen molar-refractivity contribution in [2.24, 2.45) is 7.05 Å². The summed E-state index contributed by atoms with van der Waals surface area (Å²) in [6.07, 6.45) is 6.12. The first kappa shape index (κ1) is 25.3. The van der Waals surface area contributed by atoms with Gasteiger partial charge in [-0.2, -0.15) is 0 Å². The SMILES string of the molecule is C=CC(=O)Nc1cc(Nc2nccc(-c3cn(C)c4ccccc34)n2)c(OC)cc1N1CC[C@@H](N(C)C)C1. The molecule has 0 bridgehead atoms. The Morgan fingerprint density at radius 2 is 2.03 bits per heavy atom. The Hall–Kier alpha value is -4.37. The molecule has 1 aliphatic rings. The average molecular weight is 512 g/mol. The van der Waals surface area contributed by atoms with E-state index in [0.717, 1.165) is 47.4 Å². The van der Waals surface area contributed by atoms with Crippen LogP contribution in [-0.2, 0) is 11.8 Å². The summed E-state index contributed by atoms with van der Waals surface area (Å²) >= 11 is 0. The molecule has 1 amide bonds. The van der Waals surface area contributed by atoms with E-state index in [-0.39, 0.29) is 5.91 Å². The van der Waals surface area contributed by atoms with E-state index in [9.17, 15) is 4.79 Å². The topological polar surface area (TPSA) is 87.5 Å². The summed E-state index contributed by atoms with van der Waals surface area (Å²) in [6, 6.07) is 14.4. The molecule has 2 aromatic heterocycles. The van der Waals surface area contributed by atoms with Crippen LogP contribution < -0.4 is 20.3 Å². The first-order valence-corrected chi connectivity index (χ1v) is 12.6. The summed E-state index contributed by atoms with van der Waals surface area (Å²) in [5.41, 5.74) is 5.18. The van der Waals surface area contributed by atoms with Gasteiger partial charge in [-0.25, -0.2) is 9.97 Å². The van der Waals surface area contributed by atoms with Gasteiger partial charge in [0.05, 0.1) is 29.9 Å². The molecule has 0 aliphatic carbocycles. The zero-order valence-corrected chi connectivity index (χ0v) is 22.2. The van der Waals surface area contributed by atoms with Crippen LogP contribution in [0, 0.1) is 0 Å². The number of ether oxygens (including phenoxy) is 1. The number of methoxy groups -OCH3 is 1. The van der Waals surface area contributed by atoms with Crippen molar-refractivity contribution in [1.29, 1.82) is 0 Å². The minimum Gasteiger partial charge on any atom is -0.494 e. The first-order valence-electron chi connectivity index (χ1n) is 12.6. The smallest absolute Gasteiger partial charge is 0.247 e. The number of aromatic nitrogens is 3. The molecule has 1 saturated heterocycles. The van der Waals surface area contributed by atoms with Crippen molar-refractivity contribution in [2.45, 2.75) is 12.5 Å². The maximum absolute atomic E-state index is 12.3. The van der Waals surface area contributed by atoms with Crippen LogP contribution >= 0.6 is 0 Å². The van der Waals surface area contributed by atoms with Crippen molar-refractivity contribution < 1.29 is 9.53 Å². The average Bonchev–Trinajstić information content (AvgIpc) is 3.55. The monoisotopic (exact) mass is 511 g/mol. The van der Waals surface area contributed by atoms with Gasteiger partial charge in [0.1, 0.15) is 5.75 Å². The fourth-order valence-corrected chi connectivity index (χ4v) is 5.00. The molecule has 0 radical (unpaired) electrons. The normalized spacial score (nSPS) is 15.2. The molecule has 3 heterocycles. The van der Waals surface area contributed by atoms with Crippen molar-refractivity contribution in [3.8, 4) is 17.0 Å². The summed E-state index contributed by atoms with van der Waals surface area (Å²) in [5, 5.41) is 7.40. The number of nitrogens with one attached hydrogen (secondary N) is 2. The van der Waals surface area contributed by atoms with Gasteiger partial charge in [0.2, 0.25) is 11.9 Å². The second-order valence-electron chi connectivity index (χ2n) is 9.68. The van der Waals surface area contributed by atoms with Crippen LogP contribution in [0.25, 0.3) is 22.2 Å². The van der Waals surface area contributed by atoms with E-state index in [2.05, 4.69) is 69.0 Å². The number of likely N-dealkylation sites (N-methyl/N-ethyl adjacent to an activating group) is 1. The van der Waals surface area contributed by atoms with Crippen LogP contribution in [-0.4, -0.2) is 65.7 Å². The quantitative estimate of drug-likeness (QED) is 0.333. The molecule has 1 atom stereocenters. The molecule has 9 heteroatoms. The van der Waals surface area contributed by atoms with Crippen LogP contribution in [0.15, 0.2) is 67.5 Å². The highest BCUT2D eigenvalue weighted by molar-refractivity contribution is 6.02. The molecule has 1 fully saturated rings. The number of carbonyl (C=O) groups is 1. The van der Waals surface area contributed by atoms with Crippen molar-refractivity contribution in [3.05, 3.63) is 67.5 Å². The largest absolute Gasteiger partial charge is 0.494 e. The third-order valence-corrected chi connectivity index (χ3v) is 7.07. The Balaban J connectivity index is 1.50. The van der Waals surface area contributed by atoms with Gasteiger partial charge >= 0.3 is 0 Å². The third kappa shape index (κ3) is 4.92. The number of hydrogen-bond acceptors (Lipinski definition) is 7. The standard InChI is InChI=1S/C29H33N7O2/c1-6-28(37)31-23-15-24(27(38-5)16-26(23)36-14-12-19(17-36)34(2)3)33-29-30-13-11-22(32-29)21-18-35(4)25-10-8-7-9-20(21)25/h6-11,13,15-16,18-19H,1,12,14,17H2,2-5H3,(H,31,37)(H,30,32,33)/t19-/m1/s1. The summed E-state index contributed by atoms with van der Waals surface area (Å²) < 4.78 is 7.86. The van der Waals surface area contributed by atoms with Crippen molar-refractivity contribution >= 4 is 39.8 Å². The molecule has 4 aromatic rings. The van der Waals surface area contributed by atoms with E-state index in [0.29, 0.717) is 29.1 Å². The van der Waals surface area contributed by atoms with Gasteiger partial charge in [-0.15, -0.1) is 0 Å². The second kappa shape index (κ2) is 10.5.